The molecule has 0 aliphatic heterocycles. The molecule has 0 radical (unpaired) electrons. The van der Waals surface area contributed by atoms with Crippen LogP contribution in [-0.2, 0) is 11.2 Å². The van der Waals surface area contributed by atoms with Gasteiger partial charge in [0.2, 0.25) is 5.91 Å². The van der Waals surface area contributed by atoms with E-state index in [0.717, 1.165) is 28.3 Å². The predicted molar refractivity (Wildman–Crippen MR) is 119 cm³/mol. The fourth-order valence-electron chi connectivity index (χ4n) is 3.74. The molecule has 3 aromatic rings. The van der Waals surface area contributed by atoms with E-state index in [9.17, 15) is 14.7 Å². The number of aromatic nitrogens is 2. The van der Waals surface area contributed by atoms with Crippen molar-refractivity contribution in [1.29, 1.82) is 0 Å². The minimum absolute atomic E-state index is 0.0386. The molecule has 4 N–H and O–H groups in total. The lowest BCUT2D eigenvalue weighted by Crippen LogP contribution is -2.47. The van der Waals surface area contributed by atoms with Crippen molar-refractivity contribution in [3.05, 3.63) is 66.1 Å². The number of nitrogens with zero attached hydrogens (tertiary/aromatic N) is 1. The van der Waals surface area contributed by atoms with Crippen LogP contribution in [0.3, 0.4) is 0 Å². The van der Waals surface area contributed by atoms with Gasteiger partial charge in [0.25, 0.3) is 0 Å². The van der Waals surface area contributed by atoms with Gasteiger partial charge in [-0.25, -0.2) is 0 Å². The Morgan fingerprint density at radius 3 is 2.55 bits per heavy atom. The Balaban J connectivity index is 1.70. The van der Waals surface area contributed by atoms with Gasteiger partial charge in [-0.15, -0.1) is 0 Å². The Kier molecular flexibility index (Phi) is 5.61. The van der Waals surface area contributed by atoms with Gasteiger partial charge in [-0.2, -0.15) is 0 Å². The maximum atomic E-state index is 13.2. The van der Waals surface area contributed by atoms with Crippen LogP contribution in [0.4, 0.5) is 11.4 Å². The summed E-state index contributed by atoms with van der Waals surface area (Å²) in [6.45, 7) is 3.09. The molecular formula is C24H26N4O3. The van der Waals surface area contributed by atoms with Gasteiger partial charge in [0.1, 0.15) is 0 Å². The summed E-state index contributed by atoms with van der Waals surface area (Å²) in [5, 5.41) is 15.8. The molecule has 1 amide bonds. The van der Waals surface area contributed by atoms with Crippen molar-refractivity contribution < 1.29 is 14.7 Å². The highest BCUT2D eigenvalue weighted by Gasteiger charge is 2.35. The number of aliphatic hydroxyl groups is 1. The van der Waals surface area contributed by atoms with Crippen molar-refractivity contribution in [1.82, 2.24) is 15.3 Å². The summed E-state index contributed by atoms with van der Waals surface area (Å²) in [5.41, 5.74) is 3.85. The molecule has 7 heteroatoms. The van der Waals surface area contributed by atoms with Gasteiger partial charge in [0, 0.05) is 48.2 Å². The predicted octanol–water partition coefficient (Wildman–Crippen LogP) is 3.45. The molecule has 7 nitrogen and oxygen atoms in total. The van der Waals surface area contributed by atoms with Crippen LogP contribution >= 0.6 is 0 Å². The van der Waals surface area contributed by atoms with Crippen molar-refractivity contribution >= 4 is 23.1 Å². The first kappa shape index (κ1) is 20.8. The van der Waals surface area contributed by atoms with E-state index in [1.165, 1.54) is 0 Å². The number of Topliss-reactive ketones (excluding diaryl/α,β-unsaturated/α-hetero) is 1. The third-order valence-electron chi connectivity index (χ3n) is 5.60. The van der Waals surface area contributed by atoms with Crippen LogP contribution in [0.5, 0.6) is 0 Å². The van der Waals surface area contributed by atoms with Gasteiger partial charge >= 0.3 is 0 Å². The third kappa shape index (κ3) is 4.22. The number of carbonyl (C=O) groups is 2. The van der Waals surface area contributed by atoms with E-state index in [0.29, 0.717) is 12.0 Å². The normalized spacial score (nSPS) is 16.0. The van der Waals surface area contributed by atoms with E-state index in [2.05, 4.69) is 20.6 Å². The minimum atomic E-state index is -0.902. The largest absolute Gasteiger partial charge is 0.395 e. The molecule has 1 atom stereocenters. The lowest BCUT2D eigenvalue weighted by molar-refractivity contribution is -0.132. The number of fused-ring (bicyclic) bond motifs is 1. The second-order valence-corrected chi connectivity index (χ2v) is 8.50. The maximum absolute atomic E-state index is 13.2. The van der Waals surface area contributed by atoms with Crippen LogP contribution in [0.15, 0.2) is 54.9 Å². The Morgan fingerprint density at radius 1 is 1.16 bits per heavy atom. The lowest BCUT2D eigenvalue weighted by atomic mass is 9.88. The molecule has 0 saturated heterocycles. The fourth-order valence-corrected chi connectivity index (χ4v) is 3.74. The molecule has 0 bridgehead atoms. The number of carbonyl (C=O) groups excluding carboxylic acids is 2. The molecule has 1 unspecified atom stereocenters. The summed E-state index contributed by atoms with van der Waals surface area (Å²) in [6.07, 6.45) is 4.13. The molecule has 160 valence electrons. The van der Waals surface area contributed by atoms with E-state index < -0.39 is 5.41 Å². The number of aromatic amines is 1. The van der Waals surface area contributed by atoms with Gasteiger partial charge in [0.05, 0.1) is 29.0 Å². The third-order valence-corrected chi connectivity index (χ3v) is 5.60. The van der Waals surface area contributed by atoms with Crippen LogP contribution in [0.25, 0.3) is 11.3 Å². The zero-order valence-corrected chi connectivity index (χ0v) is 17.6. The molecule has 2 aromatic heterocycles. The first-order valence-electron chi connectivity index (χ1n) is 10.3. The molecule has 4 rings (SSSR count). The van der Waals surface area contributed by atoms with Crippen molar-refractivity contribution in [3.63, 3.8) is 0 Å². The summed E-state index contributed by atoms with van der Waals surface area (Å²) >= 11 is 0. The highest BCUT2D eigenvalue weighted by molar-refractivity contribution is 6.08. The van der Waals surface area contributed by atoms with Crippen molar-refractivity contribution in [3.8, 4) is 11.3 Å². The number of hydrogen-bond acceptors (Lipinski definition) is 5. The Bertz CT molecular complexity index is 1090. The number of H-pyrrole nitrogens is 1. The quantitative estimate of drug-likeness (QED) is 0.490. The van der Waals surface area contributed by atoms with Gasteiger partial charge < -0.3 is 20.7 Å². The highest BCUT2D eigenvalue weighted by atomic mass is 16.3. The highest BCUT2D eigenvalue weighted by Crippen LogP contribution is 2.38. The van der Waals surface area contributed by atoms with E-state index in [4.69, 9.17) is 0 Å². The lowest BCUT2D eigenvalue weighted by Gasteiger charge is -2.28. The second-order valence-electron chi connectivity index (χ2n) is 8.50. The first-order chi connectivity index (χ1) is 14.9. The number of amides is 1. The number of anilines is 2. The number of ketones is 1. The Labute approximate surface area is 180 Å². The number of pyridine rings is 1. The van der Waals surface area contributed by atoms with E-state index in [1.807, 2.05) is 42.5 Å². The molecule has 31 heavy (non-hydrogen) atoms. The summed E-state index contributed by atoms with van der Waals surface area (Å²) < 4.78 is 0. The van der Waals surface area contributed by atoms with Crippen molar-refractivity contribution in [2.24, 2.45) is 5.41 Å². The Morgan fingerprint density at radius 2 is 1.87 bits per heavy atom. The average molecular weight is 418 g/mol. The number of benzene rings is 1. The summed E-state index contributed by atoms with van der Waals surface area (Å²) in [7, 11) is 0. The number of hydrogen-bond donors (Lipinski definition) is 4. The smallest absolute Gasteiger partial charge is 0.228 e. The second kappa shape index (κ2) is 8.35. The SMILES string of the molecule is CC(C)(CO)C(=O)NC1CC(=O)c2c([nH]c(-c3ccncc3)c2Nc2ccccc2)C1. The van der Waals surface area contributed by atoms with Crippen molar-refractivity contribution in [2.45, 2.75) is 32.7 Å². The summed E-state index contributed by atoms with van der Waals surface area (Å²) in [4.78, 5) is 33.2. The molecule has 0 fully saturated rings. The maximum Gasteiger partial charge on any atom is 0.228 e. The van der Waals surface area contributed by atoms with Gasteiger partial charge in [-0.3, -0.25) is 14.6 Å². The minimum Gasteiger partial charge on any atom is -0.395 e. The van der Waals surface area contributed by atoms with E-state index in [-0.39, 0.29) is 30.8 Å². The van der Waals surface area contributed by atoms with Crippen LogP contribution < -0.4 is 10.6 Å². The van der Waals surface area contributed by atoms with Gasteiger partial charge in [0.15, 0.2) is 5.78 Å². The zero-order valence-electron chi connectivity index (χ0n) is 17.6. The molecule has 1 aromatic carbocycles. The number of rotatable bonds is 6. The first-order valence-corrected chi connectivity index (χ1v) is 10.3. The summed E-state index contributed by atoms with van der Waals surface area (Å²) in [5.74, 6) is -0.303. The van der Waals surface area contributed by atoms with Crippen LogP contribution in [0.1, 0.15) is 36.3 Å². The van der Waals surface area contributed by atoms with E-state index in [1.54, 1.807) is 26.2 Å². The molecule has 0 saturated carbocycles. The topological polar surface area (TPSA) is 107 Å². The molecule has 2 heterocycles. The number of para-hydroxylation sites is 1. The number of nitrogens with one attached hydrogen (secondary N) is 3. The average Bonchev–Trinajstić information content (AvgIpc) is 3.13. The van der Waals surface area contributed by atoms with E-state index >= 15 is 0 Å². The van der Waals surface area contributed by atoms with Crippen LogP contribution in [0.2, 0.25) is 0 Å². The zero-order chi connectivity index (χ0) is 22.0. The monoisotopic (exact) mass is 418 g/mol. The standard InChI is InChI=1S/C24H26N4O3/c1-24(2,14-29)23(31)27-17-12-18-20(19(30)13-17)22(26-16-6-4-3-5-7-16)21(28-18)15-8-10-25-11-9-15/h3-11,17,26,28-29H,12-14H2,1-2H3,(H,27,31). The Hall–Kier alpha value is -3.45. The molecule has 0 spiro atoms. The molecular weight excluding hydrogens is 392 g/mol. The fraction of sp³-hybridized carbons (Fsp3) is 0.292. The van der Waals surface area contributed by atoms with Gasteiger partial charge in [-0.1, -0.05) is 18.2 Å². The van der Waals surface area contributed by atoms with Crippen LogP contribution in [0, 0.1) is 5.41 Å². The molecule has 1 aliphatic carbocycles. The molecule has 1 aliphatic rings. The number of aliphatic hydroxyl groups excluding tert-OH is 1. The summed E-state index contributed by atoms with van der Waals surface area (Å²) in [6, 6.07) is 13.2. The van der Waals surface area contributed by atoms with Crippen molar-refractivity contribution in [2.75, 3.05) is 11.9 Å². The van der Waals surface area contributed by atoms with Crippen LogP contribution in [-0.4, -0.2) is 39.4 Å². The van der Waals surface area contributed by atoms with Gasteiger partial charge in [-0.05, 0) is 38.1 Å².